The molecule has 16 heavy (non-hydrogen) atoms. The third-order valence-electron chi connectivity index (χ3n) is 2.75. The van der Waals surface area contributed by atoms with Crippen molar-refractivity contribution >= 4 is 0 Å². The van der Waals surface area contributed by atoms with Gasteiger partial charge in [0.15, 0.2) is 0 Å². The van der Waals surface area contributed by atoms with Gasteiger partial charge in [0, 0.05) is 5.56 Å². The fourth-order valence-corrected chi connectivity index (χ4v) is 1.65. The average Bonchev–Trinajstić information content (AvgIpc) is 2.17. The molecule has 0 bridgehead atoms. The highest BCUT2D eigenvalue weighted by molar-refractivity contribution is 5.26. The van der Waals surface area contributed by atoms with E-state index in [4.69, 9.17) is 0 Å². The lowest BCUT2D eigenvalue weighted by Crippen LogP contribution is -2.09. The summed E-state index contributed by atoms with van der Waals surface area (Å²) in [6.45, 7) is 8.07. The molecule has 0 aromatic heterocycles. The van der Waals surface area contributed by atoms with E-state index in [1.54, 1.807) is 25.1 Å². The molecule has 1 unspecified atom stereocenters. The summed E-state index contributed by atoms with van der Waals surface area (Å²) in [5.41, 5.74) is 1.18. The minimum absolute atomic E-state index is 0.168. The first-order valence-corrected chi connectivity index (χ1v) is 5.74. The van der Waals surface area contributed by atoms with E-state index in [-0.39, 0.29) is 11.2 Å². The summed E-state index contributed by atoms with van der Waals surface area (Å²) in [5, 5.41) is 9.95. The number of rotatable bonds is 3. The number of aliphatic hydroxyl groups excluding tert-OH is 1. The third kappa shape index (κ3) is 3.60. The van der Waals surface area contributed by atoms with E-state index >= 15 is 0 Å². The average molecular weight is 224 g/mol. The molecule has 0 radical (unpaired) electrons. The fraction of sp³-hybridized carbons (Fsp3) is 0.571. The second kappa shape index (κ2) is 4.96. The van der Waals surface area contributed by atoms with Crippen LogP contribution < -0.4 is 0 Å². The Kier molecular flexibility index (Phi) is 4.09. The molecule has 1 aromatic carbocycles. The summed E-state index contributed by atoms with van der Waals surface area (Å²) in [6, 6.07) is 5.17. The van der Waals surface area contributed by atoms with E-state index in [0.717, 1.165) is 6.42 Å². The molecule has 2 heteroatoms. The minimum Gasteiger partial charge on any atom is -0.388 e. The zero-order valence-corrected chi connectivity index (χ0v) is 10.5. The second-order valence-corrected chi connectivity index (χ2v) is 5.59. The number of aliphatic hydroxyl groups is 1. The van der Waals surface area contributed by atoms with Crippen molar-refractivity contribution in [1.82, 2.24) is 0 Å². The Labute approximate surface area is 97.3 Å². The van der Waals surface area contributed by atoms with Crippen LogP contribution in [0.15, 0.2) is 18.2 Å². The molecule has 1 aromatic rings. The van der Waals surface area contributed by atoms with Crippen LogP contribution in [-0.4, -0.2) is 5.11 Å². The van der Waals surface area contributed by atoms with Crippen LogP contribution in [0.25, 0.3) is 0 Å². The molecular formula is C14H21FO. The van der Waals surface area contributed by atoms with Gasteiger partial charge in [-0.15, -0.1) is 0 Å². The van der Waals surface area contributed by atoms with Crippen LogP contribution in [0.1, 0.15) is 50.8 Å². The molecule has 0 aliphatic rings. The predicted octanol–water partition coefficient (Wildman–Crippen LogP) is 3.99. The Hall–Kier alpha value is -0.890. The van der Waals surface area contributed by atoms with E-state index in [1.165, 1.54) is 0 Å². The van der Waals surface area contributed by atoms with Crippen LogP contribution in [0.2, 0.25) is 0 Å². The largest absolute Gasteiger partial charge is 0.388 e. The lowest BCUT2D eigenvalue weighted by Gasteiger charge is -2.21. The molecule has 0 aliphatic heterocycles. The standard InChI is InChI=1S/C14H21FO/c1-10-6-5-7-11(13(10)15)12(16)8-9-14(2,3)4/h5-7,12,16H,8-9H2,1-4H3. The van der Waals surface area contributed by atoms with Gasteiger partial charge in [-0.2, -0.15) is 0 Å². The first-order valence-electron chi connectivity index (χ1n) is 5.74. The molecular weight excluding hydrogens is 203 g/mol. The van der Waals surface area contributed by atoms with Crippen LogP contribution in [-0.2, 0) is 0 Å². The highest BCUT2D eigenvalue weighted by Gasteiger charge is 2.17. The summed E-state index contributed by atoms with van der Waals surface area (Å²) >= 11 is 0. The van der Waals surface area contributed by atoms with E-state index in [9.17, 15) is 9.50 Å². The van der Waals surface area contributed by atoms with Gasteiger partial charge in [0.2, 0.25) is 0 Å². The summed E-state index contributed by atoms with van der Waals surface area (Å²) < 4.78 is 13.7. The van der Waals surface area contributed by atoms with Crippen molar-refractivity contribution < 1.29 is 9.50 Å². The van der Waals surface area contributed by atoms with Gasteiger partial charge in [0.25, 0.3) is 0 Å². The van der Waals surface area contributed by atoms with Crippen LogP contribution >= 0.6 is 0 Å². The van der Waals surface area contributed by atoms with Gasteiger partial charge in [-0.25, -0.2) is 4.39 Å². The number of benzene rings is 1. The smallest absolute Gasteiger partial charge is 0.131 e. The molecule has 1 rings (SSSR count). The maximum absolute atomic E-state index is 13.7. The molecule has 0 amide bonds. The maximum Gasteiger partial charge on any atom is 0.131 e. The van der Waals surface area contributed by atoms with Gasteiger partial charge in [0.1, 0.15) is 5.82 Å². The summed E-state index contributed by atoms with van der Waals surface area (Å²) in [7, 11) is 0. The van der Waals surface area contributed by atoms with Crippen molar-refractivity contribution in [2.24, 2.45) is 5.41 Å². The van der Waals surface area contributed by atoms with Crippen molar-refractivity contribution in [3.05, 3.63) is 35.1 Å². The number of aryl methyl sites for hydroxylation is 1. The van der Waals surface area contributed by atoms with Gasteiger partial charge in [-0.1, -0.05) is 39.0 Å². The molecule has 0 spiro atoms. The van der Waals surface area contributed by atoms with Gasteiger partial charge in [-0.05, 0) is 30.7 Å². The topological polar surface area (TPSA) is 20.2 Å². The van der Waals surface area contributed by atoms with Crippen LogP contribution in [0.5, 0.6) is 0 Å². The Morgan fingerprint density at radius 2 is 1.94 bits per heavy atom. The Morgan fingerprint density at radius 3 is 2.50 bits per heavy atom. The Bertz CT molecular complexity index is 352. The maximum atomic E-state index is 13.7. The molecule has 90 valence electrons. The third-order valence-corrected chi connectivity index (χ3v) is 2.75. The quantitative estimate of drug-likeness (QED) is 0.823. The Morgan fingerprint density at radius 1 is 1.31 bits per heavy atom. The first kappa shape index (κ1) is 13.2. The summed E-state index contributed by atoms with van der Waals surface area (Å²) in [4.78, 5) is 0. The predicted molar refractivity (Wildman–Crippen MR) is 64.8 cm³/mol. The molecule has 0 fully saturated rings. The van der Waals surface area contributed by atoms with Crippen molar-refractivity contribution in [2.45, 2.75) is 46.6 Å². The van der Waals surface area contributed by atoms with Gasteiger partial charge < -0.3 is 5.11 Å². The van der Waals surface area contributed by atoms with E-state index in [2.05, 4.69) is 20.8 Å². The molecule has 1 N–H and O–H groups in total. The molecule has 0 heterocycles. The number of hydrogen-bond acceptors (Lipinski definition) is 1. The van der Waals surface area contributed by atoms with Crippen LogP contribution in [0.4, 0.5) is 4.39 Å². The van der Waals surface area contributed by atoms with Crippen LogP contribution in [0.3, 0.4) is 0 Å². The molecule has 1 atom stereocenters. The van der Waals surface area contributed by atoms with Crippen molar-refractivity contribution in [1.29, 1.82) is 0 Å². The van der Waals surface area contributed by atoms with Gasteiger partial charge in [-0.3, -0.25) is 0 Å². The van der Waals surface area contributed by atoms with Crippen molar-refractivity contribution in [2.75, 3.05) is 0 Å². The number of hydrogen-bond donors (Lipinski definition) is 1. The van der Waals surface area contributed by atoms with E-state index in [1.807, 2.05) is 0 Å². The zero-order chi connectivity index (χ0) is 12.3. The molecule has 0 aliphatic carbocycles. The summed E-state index contributed by atoms with van der Waals surface area (Å²) in [5.74, 6) is -0.274. The minimum atomic E-state index is -0.695. The zero-order valence-electron chi connectivity index (χ0n) is 10.5. The molecule has 0 saturated heterocycles. The SMILES string of the molecule is Cc1cccc(C(O)CCC(C)(C)C)c1F. The molecule has 1 nitrogen and oxygen atoms in total. The van der Waals surface area contributed by atoms with Gasteiger partial charge >= 0.3 is 0 Å². The van der Waals surface area contributed by atoms with E-state index in [0.29, 0.717) is 17.5 Å². The van der Waals surface area contributed by atoms with Gasteiger partial charge in [0.05, 0.1) is 6.10 Å². The van der Waals surface area contributed by atoms with Crippen LogP contribution in [0, 0.1) is 18.2 Å². The Balaban J connectivity index is 2.73. The second-order valence-electron chi connectivity index (χ2n) is 5.59. The number of halogens is 1. The fourth-order valence-electron chi connectivity index (χ4n) is 1.65. The first-order chi connectivity index (χ1) is 7.31. The highest BCUT2D eigenvalue weighted by atomic mass is 19.1. The van der Waals surface area contributed by atoms with Crippen molar-refractivity contribution in [3.63, 3.8) is 0 Å². The normalized spacial score (nSPS) is 13.9. The lowest BCUT2D eigenvalue weighted by molar-refractivity contribution is 0.143. The highest BCUT2D eigenvalue weighted by Crippen LogP contribution is 2.29. The lowest BCUT2D eigenvalue weighted by atomic mass is 9.88. The monoisotopic (exact) mass is 224 g/mol. The van der Waals surface area contributed by atoms with E-state index < -0.39 is 6.10 Å². The summed E-state index contributed by atoms with van der Waals surface area (Å²) in [6.07, 6.45) is 0.782. The van der Waals surface area contributed by atoms with Crippen molar-refractivity contribution in [3.8, 4) is 0 Å². The molecule has 0 saturated carbocycles.